The highest BCUT2D eigenvalue weighted by Crippen LogP contribution is 2.26. The average molecular weight is 571 g/mol. The van der Waals surface area contributed by atoms with Crippen LogP contribution < -0.4 is 37.5 Å². The van der Waals surface area contributed by atoms with E-state index in [9.17, 15) is 14.4 Å². The lowest BCUT2D eigenvalue weighted by molar-refractivity contribution is -0.142. The second kappa shape index (κ2) is 27.4. The summed E-state index contributed by atoms with van der Waals surface area (Å²) in [6.45, 7) is 16.9. The third-order valence-corrected chi connectivity index (χ3v) is 4.52. The molecular formula is C28H54N6O6. The first-order chi connectivity index (χ1) is 19.0. The number of ether oxygens (including phenoxy) is 2. The molecule has 12 heteroatoms. The average Bonchev–Trinajstić information content (AvgIpc) is 2.91. The number of primary amides is 1. The standard InChI is InChI=1S/C21H34N4O5.C4H11N.C2H6.CH3NO/c1-13(2)20(24-14(3)4)21(28)23-11-19(27)25-17-7-6-16(12-30-15(5)26)10-18(17)29-9-8-22;1-3-4-5-2;1-2;2-1-3/h6-7,10,13-14,20,24H,8-9,11-12,22H2,1-5H3,(H,23,28)(H,25,27);5H,3-4H2,1-2H3;1-2H3;1H,(H2,2,3). The number of carbonyl (C=O) groups is 4. The SMILES string of the molecule is CC.CC(=O)OCc1ccc(NC(=O)CNC(=O)C(NC(C)C)C(C)C)c(OCCN)c1.CCCNC.NC=O. The van der Waals surface area contributed by atoms with Gasteiger partial charge in [0.25, 0.3) is 0 Å². The fourth-order valence-electron chi connectivity index (χ4n) is 2.88. The lowest BCUT2D eigenvalue weighted by Gasteiger charge is -2.23. The molecule has 1 aromatic rings. The molecule has 0 spiro atoms. The molecule has 0 fully saturated rings. The maximum Gasteiger partial charge on any atom is 0.302 e. The van der Waals surface area contributed by atoms with Crippen molar-refractivity contribution in [2.24, 2.45) is 17.4 Å². The maximum absolute atomic E-state index is 12.4. The van der Waals surface area contributed by atoms with Gasteiger partial charge in [0.2, 0.25) is 18.2 Å². The Morgan fingerprint density at radius 1 is 1.10 bits per heavy atom. The van der Waals surface area contributed by atoms with E-state index >= 15 is 0 Å². The van der Waals surface area contributed by atoms with Crippen LogP contribution in [0.15, 0.2) is 18.2 Å². The number of rotatable bonds is 14. The number of nitrogens with two attached hydrogens (primary N) is 2. The number of amides is 3. The summed E-state index contributed by atoms with van der Waals surface area (Å²) in [4.78, 5) is 44.4. The Balaban J connectivity index is -0.00000118. The predicted molar refractivity (Wildman–Crippen MR) is 161 cm³/mol. The Bertz CT molecular complexity index is 818. The monoisotopic (exact) mass is 570 g/mol. The van der Waals surface area contributed by atoms with Gasteiger partial charge in [0, 0.05) is 19.5 Å². The van der Waals surface area contributed by atoms with Gasteiger partial charge in [-0.3, -0.25) is 19.2 Å². The van der Waals surface area contributed by atoms with Crippen molar-refractivity contribution in [1.29, 1.82) is 0 Å². The number of carbonyl (C=O) groups excluding carboxylic acids is 4. The van der Waals surface area contributed by atoms with Crippen molar-refractivity contribution in [3.63, 3.8) is 0 Å². The number of hydrogen-bond donors (Lipinski definition) is 6. The summed E-state index contributed by atoms with van der Waals surface area (Å²) in [5, 5.41) is 11.6. The summed E-state index contributed by atoms with van der Waals surface area (Å²) >= 11 is 0. The molecule has 0 aliphatic heterocycles. The zero-order valence-electron chi connectivity index (χ0n) is 25.9. The van der Waals surface area contributed by atoms with Crippen molar-refractivity contribution in [2.75, 3.05) is 38.6 Å². The molecule has 0 aliphatic rings. The molecular weight excluding hydrogens is 516 g/mol. The molecule has 0 bridgehead atoms. The highest BCUT2D eigenvalue weighted by Gasteiger charge is 2.23. The van der Waals surface area contributed by atoms with Crippen LogP contribution in [0.25, 0.3) is 0 Å². The molecule has 1 atom stereocenters. The summed E-state index contributed by atoms with van der Waals surface area (Å²) < 4.78 is 10.6. The molecule has 3 amide bonds. The fraction of sp³-hybridized carbons (Fsp3) is 0.643. The van der Waals surface area contributed by atoms with E-state index < -0.39 is 0 Å². The van der Waals surface area contributed by atoms with Gasteiger partial charge in [0.1, 0.15) is 19.0 Å². The number of nitrogens with one attached hydrogen (secondary N) is 4. The van der Waals surface area contributed by atoms with Crippen molar-refractivity contribution in [3.8, 4) is 5.75 Å². The van der Waals surface area contributed by atoms with E-state index in [4.69, 9.17) is 20.0 Å². The molecule has 0 saturated heterocycles. The van der Waals surface area contributed by atoms with Crippen molar-refractivity contribution in [2.45, 2.75) is 80.5 Å². The van der Waals surface area contributed by atoms with Crippen molar-refractivity contribution in [3.05, 3.63) is 23.8 Å². The van der Waals surface area contributed by atoms with E-state index in [1.54, 1.807) is 18.2 Å². The predicted octanol–water partition coefficient (Wildman–Crippen LogP) is 1.91. The van der Waals surface area contributed by atoms with Gasteiger partial charge in [0.15, 0.2) is 0 Å². The topological polar surface area (TPSA) is 187 Å². The first-order valence-electron chi connectivity index (χ1n) is 13.7. The van der Waals surface area contributed by atoms with Crippen LogP contribution >= 0.6 is 0 Å². The van der Waals surface area contributed by atoms with E-state index in [1.807, 2.05) is 48.6 Å². The molecule has 1 aromatic carbocycles. The molecule has 8 N–H and O–H groups in total. The van der Waals surface area contributed by atoms with E-state index in [1.165, 1.54) is 13.3 Å². The molecule has 0 aromatic heterocycles. The van der Waals surface area contributed by atoms with Gasteiger partial charge in [-0.15, -0.1) is 0 Å². The zero-order chi connectivity index (χ0) is 31.5. The van der Waals surface area contributed by atoms with E-state index in [-0.39, 0.29) is 62.0 Å². The van der Waals surface area contributed by atoms with Gasteiger partial charge >= 0.3 is 5.97 Å². The van der Waals surface area contributed by atoms with Gasteiger partial charge in [-0.2, -0.15) is 0 Å². The van der Waals surface area contributed by atoms with Crippen LogP contribution in [0.1, 0.15) is 67.4 Å². The second-order valence-corrected chi connectivity index (χ2v) is 8.80. The van der Waals surface area contributed by atoms with Crippen LogP contribution in [0.2, 0.25) is 0 Å². The van der Waals surface area contributed by atoms with Crippen molar-refractivity contribution >= 4 is 29.9 Å². The van der Waals surface area contributed by atoms with Crippen LogP contribution in [0.4, 0.5) is 5.69 Å². The summed E-state index contributed by atoms with van der Waals surface area (Å²) in [7, 11) is 1.96. The fourth-order valence-corrected chi connectivity index (χ4v) is 2.88. The minimum Gasteiger partial charge on any atom is -0.490 e. The second-order valence-electron chi connectivity index (χ2n) is 8.80. The maximum atomic E-state index is 12.4. The molecule has 1 unspecified atom stereocenters. The summed E-state index contributed by atoms with van der Waals surface area (Å²) in [5.41, 5.74) is 10.8. The minimum atomic E-state index is -0.390. The number of anilines is 1. The van der Waals surface area contributed by atoms with Crippen LogP contribution in [-0.2, 0) is 30.5 Å². The van der Waals surface area contributed by atoms with Crippen molar-refractivity contribution in [1.82, 2.24) is 16.0 Å². The normalized spacial score (nSPS) is 10.4. The van der Waals surface area contributed by atoms with Crippen LogP contribution in [-0.4, -0.2) is 69.6 Å². The zero-order valence-corrected chi connectivity index (χ0v) is 25.9. The van der Waals surface area contributed by atoms with Gasteiger partial charge in [-0.25, -0.2) is 0 Å². The quantitative estimate of drug-likeness (QED) is 0.143. The highest BCUT2D eigenvalue weighted by molar-refractivity contribution is 5.96. The lowest BCUT2D eigenvalue weighted by Crippen LogP contribution is -2.51. The third-order valence-electron chi connectivity index (χ3n) is 4.52. The Kier molecular flexibility index (Phi) is 28.2. The largest absolute Gasteiger partial charge is 0.490 e. The minimum absolute atomic E-state index is 0.0801. The highest BCUT2D eigenvalue weighted by atomic mass is 16.5. The Morgan fingerprint density at radius 2 is 1.70 bits per heavy atom. The molecule has 0 aliphatic carbocycles. The Hall–Kier alpha value is -3.22. The number of hydrogen-bond acceptors (Lipinski definition) is 9. The van der Waals surface area contributed by atoms with Gasteiger partial charge in [-0.1, -0.05) is 54.5 Å². The van der Waals surface area contributed by atoms with Crippen LogP contribution in [0.5, 0.6) is 5.75 Å². The molecule has 12 nitrogen and oxygen atoms in total. The first-order valence-corrected chi connectivity index (χ1v) is 13.7. The Morgan fingerprint density at radius 3 is 2.12 bits per heavy atom. The Labute approximate surface area is 240 Å². The van der Waals surface area contributed by atoms with Crippen LogP contribution in [0, 0.1) is 5.92 Å². The molecule has 0 radical (unpaired) electrons. The molecule has 1 rings (SSSR count). The molecule has 232 valence electrons. The number of benzene rings is 1. The van der Waals surface area contributed by atoms with Crippen LogP contribution in [0.3, 0.4) is 0 Å². The summed E-state index contributed by atoms with van der Waals surface area (Å²) in [5.74, 6) is -0.520. The van der Waals surface area contributed by atoms with E-state index in [2.05, 4.69) is 33.9 Å². The van der Waals surface area contributed by atoms with Crippen molar-refractivity contribution < 1.29 is 28.7 Å². The summed E-state index contributed by atoms with van der Waals surface area (Å²) in [6.07, 6.45) is 1.48. The number of esters is 1. The van der Waals surface area contributed by atoms with Gasteiger partial charge < -0.3 is 42.2 Å². The molecule has 40 heavy (non-hydrogen) atoms. The van der Waals surface area contributed by atoms with Gasteiger partial charge in [0.05, 0.1) is 18.3 Å². The lowest BCUT2D eigenvalue weighted by atomic mass is 10.0. The molecule has 0 saturated carbocycles. The molecule has 0 heterocycles. The van der Waals surface area contributed by atoms with E-state index in [0.29, 0.717) is 23.5 Å². The smallest absolute Gasteiger partial charge is 0.302 e. The first kappa shape index (κ1) is 41.3. The van der Waals surface area contributed by atoms with E-state index in [0.717, 1.165) is 6.54 Å². The summed E-state index contributed by atoms with van der Waals surface area (Å²) in [6, 6.07) is 4.80. The van der Waals surface area contributed by atoms with Gasteiger partial charge in [-0.05, 0) is 43.6 Å². The third kappa shape index (κ3) is 22.7.